The highest BCUT2D eigenvalue weighted by Crippen LogP contribution is 2.44. The lowest BCUT2D eigenvalue weighted by Crippen LogP contribution is -2.62. The number of methoxy groups -OCH3 is 1. The number of fused-ring (bicyclic) bond motifs is 2. The maximum Gasteiger partial charge on any atom is 0.410 e. The van der Waals surface area contributed by atoms with E-state index in [1.807, 2.05) is 55.5 Å². The van der Waals surface area contributed by atoms with E-state index in [0.29, 0.717) is 31.8 Å². The fraction of sp³-hybridized carbons (Fsp3) is 0.435. The molecule has 1 amide bonds. The van der Waals surface area contributed by atoms with Crippen molar-refractivity contribution in [2.24, 2.45) is 0 Å². The summed E-state index contributed by atoms with van der Waals surface area (Å²) in [5.41, 5.74) is 1.70. The van der Waals surface area contributed by atoms with Crippen LogP contribution < -0.4 is 4.74 Å². The van der Waals surface area contributed by atoms with Crippen molar-refractivity contribution in [2.45, 2.75) is 44.1 Å². The third kappa shape index (κ3) is 3.95. The van der Waals surface area contributed by atoms with Gasteiger partial charge in [0.1, 0.15) is 12.4 Å². The molecule has 2 aliphatic heterocycles. The van der Waals surface area contributed by atoms with Crippen LogP contribution >= 0.6 is 0 Å². The molecule has 0 saturated carbocycles. The number of aliphatic hydroxyl groups is 1. The van der Waals surface area contributed by atoms with Crippen molar-refractivity contribution >= 4 is 6.09 Å². The summed E-state index contributed by atoms with van der Waals surface area (Å²) in [5.74, 6) is 0.673. The van der Waals surface area contributed by atoms with Gasteiger partial charge in [-0.2, -0.15) is 0 Å². The Balaban J connectivity index is 1.52. The molecule has 0 spiro atoms. The average molecular weight is 397 g/mol. The summed E-state index contributed by atoms with van der Waals surface area (Å²) in [7, 11) is 1.61. The first kappa shape index (κ1) is 19.7. The van der Waals surface area contributed by atoms with Crippen LogP contribution in [0.5, 0.6) is 5.75 Å². The molecule has 2 heterocycles. The molecule has 2 aromatic carbocycles. The van der Waals surface area contributed by atoms with Gasteiger partial charge in [-0.05, 0) is 24.1 Å². The second-order valence-corrected chi connectivity index (χ2v) is 7.94. The number of hydrogen-bond donors (Lipinski definition) is 1. The van der Waals surface area contributed by atoms with E-state index in [0.717, 1.165) is 16.7 Å². The molecule has 0 radical (unpaired) electrons. The number of morpholine rings is 1. The number of ether oxygens (including phenoxy) is 3. The molecule has 1 N–H and O–H groups in total. The molecule has 2 fully saturated rings. The summed E-state index contributed by atoms with van der Waals surface area (Å²) in [4.78, 5) is 14.6. The van der Waals surface area contributed by atoms with Crippen molar-refractivity contribution in [3.05, 3.63) is 65.2 Å². The number of rotatable bonds is 4. The Hall–Kier alpha value is -2.57. The minimum atomic E-state index is -1.08. The lowest BCUT2D eigenvalue weighted by atomic mass is 9.76. The smallest absolute Gasteiger partial charge is 0.410 e. The van der Waals surface area contributed by atoms with E-state index in [-0.39, 0.29) is 24.8 Å². The molecule has 2 saturated heterocycles. The van der Waals surface area contributed by atoms with Crippen LogP contribution in [0.2, 0.25) is 0 Å². The fourth-order valence-electron chi connectivity index (χ4n) is 4.47. The number of nitrogens with zero attached hydrogens (tertiary/aromatic N) is 1. The number of carbonyl (C=O) groups is 1. The first-order chi connectivity index (χ1) is 14.0. The van der Waals surface area contributed by atoms with Crippen LogP contribution in [0, 0.1) is 6.92 Å². The Kier molecular flexibility index (Phi) is 5.48. The van der Waals surface area contributed by atoms with Gasteiger partial charge in [-0.3, -0.25) is 4.90 Å². The van der Waals surface area contributed by atoms with Crippen LogP contribution in [-0.4, -0.2) is 48.5 Å². The number of piperidine rings is 1. The third-order valence-electron chi connectivity index (χ3n) is 5.83. The van der Waals surface area contributed by atoms with E-state index >= 15 is 0 Å². The third-order valence-corrected chi connectivity index (χ3v) is 5.83. The number of benzene rings is 2. The van der Waals surface area contributed by atoms with Crippen molar-refractivity contribution < 1.29 is 24.1 Å². The highest BCUT2D eigenvalue weighted by atomic mass is 16.6. The van der Waals surface area contributed by atoms with Gasteiger partial charge in [-0.15, -0.1) is 0 Å². The molecule has 4 rings (SSSR count). The van der Waals surface area contributed by atoms with Gasteiger partial charge in [0.25, 0.3) is 0 Å². The molecule has 29 heavy (non-hydrogen) atoms. The molecule has 2 bridgehead atoms. The molecular formula is C23H27NO5. The Morgan fingerprint density at radius 2 is 1.86 bits per heavy atom. The van der Waals surface area contributed by atoms with Gasteiger partial charge in [-0.1, -0.05) is 42.5 Å². The molecule has 2 unspecified atom stereocenters. The van der Waals surface area contributed by atoms with Gasteiger partial charge >= 0.3 is 6.09 Å². The van der Waals surface area contributed by atoms with Gasteiger partial charge in [0.05, 0.1) is 38.0 Å². The molecule has 2 aliphatic rings. The number of amides is 1. The Morgan fingerprint density at radius 3 is 2.52 bits per heavy atom. The lowest BCUT2D eigenvalue weighted by molar-refractivity contribution is -0.137. The molecule has 2 atom stereocenters. The second-order valence-electron chi connectivity index (χ2n) is 7.94. The van der Waals surface area contributed by atoms with Crippen LogP contribution in [-0.2, 0) is 21.7 Å². The largest absolute Gasteiger partial charge is 0.496 e. The highest BCUT2D eigenvalue weighted by molar-refractivity contribution is 5.69. The van der Waals surface area contributed by atoms with Gasteiger partial charge in [0.2, 0.25) is 0 Å². The summed E-state index contributed by atoms with van der Waals surface area (Å²) in [6, 6.07) is 15.0. The standard InChI is InChI=1S/C23H27NO5/c1-16-8-9-20(21(10-16)27-2)23(26)11-18-14-28-15-19(12-23)24(18)22(25)29-13-17-6-4-3-5-7-17/h3-10,18-19,26H,11-15H2,1-2H3. The van der Waals surface area contributed by atoms with Crippen LogP contribution in [0.1, 0.15) is 29.5 Å². The van der Waals surface area contributed by atoms with Crippen LogP contribution in [0.3, 0.4) is 0 Å². The van der Waals surface area contributed by atoms with Crippen LogP contribution in [0.25, 0.3) is 0 Å². The normalized spacial score (nSPS) is 26.1. The molecule has 0 aromatic heterocycles. The van der Waals surface area contributed by atoms with Crippen LogP contribution in [0.15, 0.2) is 48.5 Å². The topological polar surface area (TPSA) is 68.2 Å². The molecule has 2 aromatic rings. The zero-order chi connectivity index (χ0) is 20.4. The summed E-state index contributed by atoms with van der Waals surface area (Å²) < 4.78 is 16.8. The molecular weight excluding hydrogens is 370 g/mol. The van der Waals surface area contributed by atoms with Gasteiger partial charge in [-0.25, -0.2) is 4.79 Å². The molecule has 154 valence electrons. The summed E-state index contributed by atoms with van der Waals surface area (Å²) in [5, 5.41) is 11.5. The number of carbonyl (C=O) groups excluding carboxylic acids is 1. The highest BCUT2D eigenvalue weighted by Gasteiger charge is 2.50. The Labute approximate surface area is 171 Å². The summed E-state index contributed by atoms with van der Waals surface area (Å²) in [6.45, 7) is 2.98. The van der Waals surface area contributed by atoms with Gasteiger partial charge in [0, 0.05) is 18.4 Å². The van der Waals surface area contributed by atoms with Crippen molar-refractivity contribution in [3.8, 4) is 5.75 Å². The molecule has 6 heteroatoms. The van der Waals surface area contributed by atoms with Crippen LogP contribution in [0.4, 0.5) is 4.79 Å². The summed E-state index contributed by atoms with van der Waals surface area (Å²) >= 11 is 0. The SMILES string of the molecule is COc1cc(C)ccc1C1(O)CC2COCC(C1)N2C(=O)OCc1ccccc1. The monoisotopic (exact) mass is 397 g/mol. The lowest BCUT2D eigenvalue weighted by Gasteiger charge is -2.51. The van der Waals surface area contributed by atoms with E-state index in [4.69, 9.17) is 14.2 Å². The van der Waals surface area contributed by atoms with Crippen molar-refractivity contribution in [3.63, 3.8) is 0 Å². The predicted octanol–water partition coefficient (Wildman–Crippen LogP) is 3.39. The van der Waals surface area contributed by atoms with Gasteiger partial charge < -0.3 is 19.3 Å². The first-order valence-corrected chi connectivity index (χ1v) is 9.94. The first-order valence-electron chi connectivity index (χ1n) is 9.94. The predicted molar refractivity (Wildman–Crippen MR) is 108 cm³/mol. The fourth-order valence-corrected chi connectivity index (χ4v) is 4.47. The maximum absolute atomic E-state index is 12.8. The van der Waals surface area contributed by atoms with E-state index in [1.165, 1.54) is 0 Å². The zero-order valence-corrected chi connectivity index (χ0v) is 16.8. The Morgan fingerprint density at radius 1 is 1.17 bits per heavy atom. The van der Waals surface area contributed by atoms with Crippen molar-refractivity contribution in [1.29, 1.82) is 0 Å². The van der Waals surface area contributed by atoms with E-state index in [1.54, 1.807) is 12.0 Å². The van der Waals surface area contributed by atoms with E-state index < -0.39 is 5.60 Å². The van der Waals surface area contributed by atoms with Crippen molar-refractivity contribution in [1.82, 2.24) is 4.90 Å². The quantitative estimate of drug-likeness (QED) is 0.857. The zero-order valence-electron chi connectivity index (χ0n) is 16.8. The average Bonchev–Trinajstić information content (AvgIpc) is 2.72. The number of aryl methyl sites for hydroxylation is 1. The molecule has 0 aliphatic carbocycles. The van der Waals surface area contributed by atoms with Crippen molar-refractivity contribution in [2.75, 3.05) is 20.3 Å². The van der Waals surface area contributed by atoms with E-state index in [2.05, 4.69) is 0 Å². The van der Waals surface area contributed by atoms with Gasteiger partial charge in [0.15, 0.2) is 0 Å². The summed E-state index contributed by atoms with van der Waals surface area (Å²) in [6.07, 6.45) is 0.400. The second kappa shape index (κ2) is 8.05. The van der Waals surface area contributed by atoms with E-state index in [9.17, 15) is 9.90 Å². The maximum atomic E-state index is 12.8. The minimum Gasteiger partial charge on any atom is -0.496 e. The minimum absolute atomic E-state index is 0.229. The Bertz CT molecular complexity index is 855. The molecule has 6 nitrogen and oxygen atoms in total. The number of hydrogen-bond acceptors (Lipinski definition) is 5.